The molecule has 0 unspecified atom stereocenters. The van der Waals surface area contributed by atoms with Crippen LogP contribution in [0.15, 0.2) is 91.0 Å². The smallest absolute Gasteiger partial charge is 0.311 e. The number of benzene rings is 3. The molecule has 0 N–H and O–H groups in total. The van der Waals surface area contributed by atoms with E-state index in [0.717, 1.165) is 16.7 Å². The van der Waals surface area contributed by atoms with Crippen molar-refractivity contribution in [2.24, 2.45) is 21.7 Å². The zero-order valence-electron chi connectivity index (χ0n) is 42.6. The third kappa shape index (κ3) is 15.9. The van der Waals surface area contributed by atoms with E-state index >= 15 is 0 Å². The highest BCUT2D eigenvalue weighted by Gasteiger charge is 2.56. The average molecular weight is 963 g/mol. The first-order valence-corrected chi connectivity index (χ1v) is 23.6. The van der Waals surface area contributed by atoms with Gasteiger partial charge in [0.1, 0.15) is 37.1 Å². The topological polar surface area (TPSA) is 170 Å². The Kier molecular flexibility index (Phi) is 19.1. The van der Waals surface area contributed by atoms with Crippen LogP contribution in [0, 0.1) is 21.7 Å². The molecule has 0 radical (unpaired) electrons. The predicted molar refractivity (Wildman–Crippen MR) is 254 cm³/mol. The van der Waals surface area contributed by atoms with Gasteiger partial charge in [-0.15, -0.1) is 0 Å². The fourth-order valence-electron chi connectivity index (χ4n) is 7.08. The van der Waals surface area contributed by atoms with E-state index < -0.39 is 114 Å². The standard InChI is InChI=1S/C54H74O15/c1-51(2,3)47(55)64-33-38-40(67-48(56)52(4,5)6)42(68-49(57)53(7,8)9)44(69-50(58)54(10,11)12)46(66-38)63-32-37-39(60-29-34-23-17-14-18-24-34)41(61-30-35-25-19-15-20-26-35)43(45(59-13)65-37)62-31-36-27-21-16-22-28-36/h14-28,37-46H,29-33H2,1-13H3/t37-,38-,39-,40+,41+,42+,43-,44-,45+,46-/m1/s1. The van der Waals surface area contributed by atoms with Crippen molar-refractivity contribution in [3.63, 3.8) is 0 Å². The molecule has 15 heteroatoms. The third-order valence-electron chi connectivity index (χ3n) is 11.3. The molecule has 10 atom stereocenters. The second-order valence-electron chi connectivity index (χ2n) is 21.6. The van der Waals surface area contributed by atoms with Crippen molar-refractivity contribution in [3.8, 4) is 0 Å². The van der Waals surface area contributed by atoms with Crippen molar-refractivity contribution in [2.45, 2.75) is 164 Å². The van der Waals surface area contributed by atoms with E-state index in [-0.39, 0.29) is 26.4 Å². The molecule has 0 aromatic heterocycles. The van der Waals surface area contributed by atoms with Crippen LogP contribution in [0.2, 0.25) is 0 Å². The lowest BCUT2D eigenvalue weighted by atomic mass is 9.93. The molecular formula is C54H74O15. The molecule has 2 fully saturated rings. The van der Waals surface area contributed by atoms with Crippen LogP contribution in [0.3, 0.4) is 0 Å². The number of carbonyl (C=O) groups is 4. The number of hydrogen-bond donors (Lipinski definition) is 0. The van der Waals surface area contributed by atoms with Crippen LogP contribution in [-0.2, 0) is 91.1 Å². The Balaban J connectivity index is 1.59. The summed E-state index contributed by atoms with van der Waals surface area (Å²) >= 11 is 0. The minimum Gasteiger partial charge on any atom is -0.462 e. The van der Waals surface area contributed by atoms with Gasteiger partial charge in [-0.2, -0.15) is 0 Å². The van der Waals surface area contributed by atoms with Gasteiger partial charge in [0, 0.05) is 7.11 Å². The number of esters is 4. The summed E-state index contributed by atoms with van der Waals surface area (Å²) in [6.07, 6.45) is -11.8. The predicted octanol–water partition coefficient (Wildman–Crippen LogP) is 8.32. The van der Waals surface area contributed by atoms with Crippen molar-refractivity contribution >= 4 is 23.9 Å². The molecule has 15 nitrogen and oxygen atoms in total. The molecule has 2 saturated heterocycles. The third-order valence-corrected chi connectivity index (χ3v) is 11.3. The van der Waals surface area contributed by atoms with Gasteiger partial charge in [0.2, 0.25) is 0 Å². The Morgan fingerprint density at radius 2 is 0.768 bits per heavy atom. The van der Waals surface area contributed by atoms with Crippen molar-refractivity contribution < 1.29 is 71.3 Å². The molecule has 2 heterocycles. The minimum atomic E-state index is -1.54. The summed E-state index contributed by atoms with van der Waals surface area (Å²) in [5, 5.41) is 0. The molecule has 2 aliphatic rings. The number of ether oxygens (including phenoxy) is 11. The molecule has 0 amide bonds. The first-order valence-electron chi connectivity index (χ1n) is 23.6. The monoisotopic (exact) mass is 963 g/mol. The van der Waals surface area contributed by atoms with Crippen LogP contribution in [0.25, 0.3) is 0 Å². The SMILES string of the molecule is CO[C@H]1O[C@H](CO[C@@H]2O[C@H](COC(=O)C(C)(C)C)[C@H](OC(=O)C(C)(C)C)[C@H](OC(=O)C(C)(C)C)[C@H]2OC(=O)C(C)(C)C)[C@@H](OCc2ccccc2)[C@H](OCc2ccccc2)[C@H]1OCc1ccccc1. The van der Waals surface area contributed by atoms with Crippen LogP contribution in [0.1, 0.15) is 99.8 Å². The van der Waals surface area contributed by atoms with Crippen molar-refractivity contribution in [3.05, 3.63) is 108 Å². The zero-order valence-corrected chi connectivity index (χ0v) is 42.6. The van der Waals surface area contributed by atoms with Gasteiger partial charge in [-0.25, -0.2) is 0 Å². The Morgan fingerprint density at radius 1 is 0.406 bits per heavy atom. The lowest BCUT2D eigenvalue weighted by molar-refractivity contribution is -0.343. The lowest BCUT2D eigenvalue weighted by Gasteiger charge is -2.47. The zero-order chi connectivity index (χ0) is 50.7. The van der Waals surface area contributed by atoms with Crippen LogP contribution >= 0.6 is 0 Å². The number of hydrogen-bond acceptors (Lipinski definition) is 15. The van der Waals surface area contributed by atoms with Gasteiger partial charge in [-0.1, -0.05) is 91.0 Å². The summed E-state index contributed by atoms with van der Waals surface area (Å²) in [4.78, 5) is 54.9. The molecule has 0 bridgehead atoms. The summed E-state index contributed by atoms with van der Waals surface area (Å²) in [7, 11) is 1.50. The fourth-order valence-corrected chi connectivity index (χ4v) is 7.08. The number of rotatable bonds is 18. The first kappa shape index (κ1) is 55.2. The maximum Gasteiger partial charge on any atom is 0.311 e. The quantitative estimate of drug-likeness (QED) is 0.0880. The summed E-state index contributed by atoms with van der Waals surface area (Å²) < 4.78 is 70.6. The highest BCUT2D eigenvalue weighted by atomic mass is 16.8. The molecule has 0 aliphatic carbocycles. The van der Waals surface area contributed by atoms with Crippen molar-refractivity contribution in [2.75, 3.05) is 20.3 Å². The Hall–Kier alpha value is -4.74. The van der Waals surface area contributed by atoms with Crippen LogP contribution in [0.4, 0.5) is 0 Å². The Morgan fingerprint density at radius 3 is 1.19 bits per heavy atom. The van der Waals surface area contributed by atoms with Gasteiger partial charge >= 0.3 is 23.9 Å². The maximum atomic E-state index is 14.0. The highest BCUT2D eigenvalue weighted by Crippen LogP contribution is 2.37. The molecule has 3 aromatic rings. The Bertz CT molecular complexity index is 2090. The van der Waals surface area contributed by atoms with Gasteiger partial charge in [0.15, 0.2) is 30.9 Å². The second kappa shape index (κ2) is 23.9. The Labute approximate surface area is 408 Å². The summed E-state index contributed by atoms with van der Waals surface area (Å²) in [6, 6.07) is 29.0. The van der Waals surface area contributed by atoms with Gasteiger partial charge in [-0.3, -0.25) is 19.2 Å². The average Bonchev–Trinajstić information content (AvgIpc) is 3.29. The van der Waals surface area contributed by atoms with E-state index in [9.17, 15) is 19.2 Å². The summed E-state index contributed by atoms with van der Waals surface area (Å²) in [5.74, 6) is -2.63. The molecule has 380 valence electrons. The van der Waals surface area contributed by atoms with E-state index in [4.69, 9.17) is 52.1 Å². The number of carbonyl (C=O) groups excluding carboxylic acids is 4. The lowest BCUT2D eigenvalue weighted by Crippen LogP contribution is -2.65. The molecule has 0 spiro atoms. The van der Waals surface area contributed by atoms with Gasteiger partial charge in [0.25, 0.3) is 0 Å². The van der Waals surface area contributed by atoms with Gasteiger partial charge in [0.05, 0.1) is 48.1 Å². The maximum absolute atomic E-state index is 14.0. The van der Waals surface area contributed by atoms with Gasteiger partial charge < -0.3 is 52.1 Å². The molecule has 0 saturated carbocycles. The highest BCUT2D eigenvalue weighted by molar-refractivity contribution is 5.78. The fraction of sp³-hybridized carbons (Fsp3) is 0.593. The molecule has 5 rings (SSSR count). The number of methoxy groups -OCH3 is 1. The van der Waals surface area contributed by atoms with E-state index in [1.54, 1.807) is 83.1 Å². The summed E-state index contributed by atoms with van der Waals surface area (Å²) in [5.41, 5.74) is -1.38. The first-order chi connectivity index (χ1) is 32.4. The van der Waals surface area contributed by atoms with Gasteiger partial charge in [-0.05, 0) is 99.8 Å². The van der Waals surface area contributed by atoms with E-state index in [2.05, 4.69) is 0 Å². The minimum absolute atomic E-state index is 0.151. The van der Waals surface area contributed by atoms with E-state index in [0.29, 0.717) is 0 Å². The summed E-state index contributed by atoms with van der Waals surface area (Å²) in [6.45, 7) is 19.8. The van der Waals surface area contributed by atoms with E-state index in [1.807, 2.05) is 91.0 Å². The van der Waals surface area contributed by atoms with Crippen LogP contribution in [-0.4, -0.2) is 106 Å². The van der Waals surface area contributed by atoms with Crippen molar-refractivity contribution in [1.82, 2.24) is 0 Å². The van der Waals surface area contributed by atoms with Crippen LogP contribution in [0.5, 0.6) is 0 Å². The van der Waals surface area contributed by atoms with Crippen LogP contribution < -0.4 is 0 Å². The second-order valence-corrected chi connectivity index (χ2v) is 21.6. The molecule has 69 heavy (non-hydrogen) atoms. The molecule has 2 aliphatic heterocycles. The largest absolute Gasteiger partial charge is 0.462 e. The molecular weight excluding hydrogens is 889 g/mol. The normalized spacial score (nSPS) is 25.6. The van der Waals surface area contributed by atoms with Crippen molar-refractivity contribution in [1.29, 1.82) is 0 Å². The van der Waals surface area contributed by atoms with E-state index in [1.165, 1.54) is 7.11 Å². The molecule has 3 aromatic carbocycles.